The molecule has 0 atom stereocenters. The summed E-state index contributed by atoms with van der Waals surface area (Å²) >= 11 is 0. The van der Waals surface area contributed by atoms with E-state index in [0.29, 0.717) is 17.2 Å². The quantitative estimate of drug-likeness (QED) is 0.457. The Hall–Kier alpha value is -4.59. The lowest BCUT2D eigenvalue weighted by Gasteiger charge is -2.09. The molecular formula is C23H17N7O. The number of carbonyl (C=O) groups is 1. The van der Waals surface area contributed by atoms with Crippen LogP contribution in [0, 0.1) is 0 Å². The van der Waals surface area contributed by atoms with Gasteiger partial charge in [0.2, 0.25) is 0 Å². The fourth-order valence-electron chi connectivity index (χ4n) is 3.19. The molecule has 31 heavy (non-hydrogen) atoms. The number of carbonyl (C=O) groups excluding carboxylic acids is 1. The van der Waals surface area contributed by atoms with E-state index in [1.54, 1.807) is 16.9 Å². The van der Waals surface area contributed by atoms with E-state index in [9.17, 15) is 4.79 Å². The van der Waals surface area contributed by atoms with Crippen molar-refractivity contribution in [2.75, 3.05) is 10.6 Å². The van der Waals surface area contributed by atoms with E-state index < -0.39 is 0 Å². The molecule has 5 aromatic rings. The predicted octanol–water partition coefficient (Wildman–Crippen LogP) is 4.50. The molecule has 2 aromatic carbocycles. The van der Waals surface area contributed by atoms with Crippen molar-refractivity contribution in [3.63, 3.8) is 0 Å². The molecule has 0 saturated carbocycles. The largest absolute Gasteiger partial charge is 0.323 e. The number of pyridine rings is 1. The Balaban J connectivity index is 1.42. The Morgan fingerprint density at radius 3 is 2.42 bits per heavy atom. The molecule has 0 saturated heterocycles. The van der Waals surface area contributed by atoms with Crippen molar-refractivity contribution in [1.29, 1.82) is 0 Å². The molecule has 0 radical (unpaired) electrons. The molecule has 8 nitrogen and oxygen atoms in total. The third-order valence-electron chi connectivity index (χ3n) is 4.63. The number of hydrogen-bond donors (Lipinski definition) is 2. The molecular weight excluding hydrogens is 390 g/mol. The maximum Gasteiger partial charge on any atom is 0.323 e. The highest BCUT2D eigenvalue weighted by molar-refractivity contribution is 6.00. The maximum atomic E-state index is 12.3. The van der Waals surface area contributed by atoms with Gasteiger partial charge in [0.05, 0.1) is 5.69 Å². The molecule has 2 amide bonds. The number of fused-ring (bicyclic) bond motifs is 1. The molecule has 0 spiro atoms. The van der Waals surface area contributed by atoms with Crippen LogP contribution < -0.4 is 10.6 Å². The van der Waals surface area contributed by atoms with Gasteiger partial charge in [0.1, 0.15) is 0 Å². The molecule has 5 rings (SSSR count). The Labute approximate surface area is 177 Å². The fourth-order valence-corrected chi connectivity index (χ4v) is 3.19. The van der Waals surface area contributed by atoms with Gasteiger partial charge in [-0.15, -0.1) is 10.2 Å². The van der Waals surface area contributed by atoms with Gasteiger partial charge >= 0.3 is 6.03 Å². The van der Waals surface area contributed by atoms with Gasteiger partial charge in [0, 0.05) is 34.9 Å². The topological polar surface area (TPSA) is 97.1 Å². The highest BCUT2D eigenvalue weighted by Gasteiger charge is 2.11. The van der Waals surface area contributed by atoms with E-state index in [-0.39, 0.29) is 6.03 Å². The Kier molecular flexibility index (Phi) is 4.78. The molecule has 0 aliphatic carbocycles. The Morgan fingerprint density at radius 2 is 1.58 bits per heavy atom. The first-order chi connectivity index (χ1) is 15.3. The number of nitrogens with one attached hydrogen (secondary N) is 2. The van der Waals surface area contributed by atoms with Crippen LogP contribution in [0.4, 0.5) is 16.2 Å². The third kappa shape index (κ3) is 3.95. The highest BCUT2D eigenvalue weighted by atomic mass is 16.2. The predicted molar refractivity (Wildman–Crippen MR) is 119 cm³/mol. The molecule has 0 fully saturated rings. The summed E-state index contributed by atoms with van der Waals surface area (Å²) in [7, 11) is 0. The number of para-hydroxylation sites is 1. The van der Waals surface area contributed by atoms with E-state index in [4.69, 9.17) is 5.10 Å². The molecule has 150 valence electrons. The summed E-state index contributed by atoms with van der Waals surface area (Å²) in [5, 5.41) is 18.8. The van der Waals surface area contributed by atoms with Gasteiger partial charge in [-0.05, 0) is 48.5 Å². The van der Waals surface area contributed by atoms with E-state index in [2.05, 4.69) is 25.8 Å². The van der Waals surface area contributed by atoms with Crippen molar-refractivity contribution in [3.8, 4) is 22.6 Å². The van der Waals surface area contributed by atoms with Gasteiger partial charge in [-0.1, -0.05) is 30.3 Å². The number of benzene rings is 2. The van der Waals surface area contributed by atoms with Crippen LogP contribution in [0.5, 0.6) is 0 Å². The second kappa shape index (κ2) is 8.03. The van der Waals surface area contributed by atoms with Gasteiger partial charge < -0.3 is 10.6 Å². The van der Waals surface area contributed by atoms with E-state index in [1.807, 2.05) is 78.9 Å². The lowest BCUT2D eigenvalue weighted by molar-refractivity contribution is 0.262. The molecule has 3 aromatic heterocycles. The number of amides is 2. The smallest absolute Gasteiger partial charge is 0.308 e. The van der Waals surface area contributed by atoms with E-state index in [0.717, 1.165) is 22.5 Å². The summed E-state index contributed by atoms with van der Waals surface area (Å²) in [4.78, 5) is 16.4. The number of aromatic nitrogens is 5. The van der Waals surface area contributed by atoms with Crippen molar-refractivity contribution >= 4 is 23.1 Å². The molecule has 8 heteroatoms. The number of nitrogens with zero attached hydrogens (tertiary/aromatic N) is 5. The van der Waals surface area contributed by atoms with E-state index in [1.165, 1.54) is 0 Å². The second-order valence-electron chi connectivity index (χ2n) is 6.78. The first-order valence-electron chi connectivity index (χ1n) is 9.63. The van der Waals surface area contributed by atoms with Crippen molar-refractivity contribution in [3.05, 3.63) is 91.3 Å². The average Bonchev–Trinajstić information content (AvgIpc) is 3.24. The number of rotatable bonds is 4. The summed E-state index contributed by atoms with van der Waals surface area (Å²) in [6, 6.07) is 23.9. The zero-order chi connectivity index (χ0) is 21.0. The number of hydrogen-bond acceptors (Lipinski definition) is 5. The van der Waals surface area contributed by atoms with Crippen LogP contribution in [0.25, 0.3) is 28.3 Å². The van der Waals surface area contributed by atoms with Gasteiger partial charge in [-0.25, -0.2) is 4.79 Å². The monoisotopic (exact) mass is 407 g/mol. The average molecular weight is 407 g/mol. The lowest BCUT2D eigenvalue weighted by Crippen LogP contribution is -2.19. The Bertz CT molecular complexity index is 1350. The van der Waals surface area contributed by atoms with Crippen molar-refractivity contribution in [1.82, 2.24) is 24.8 Å². The normalized spacial score (nSPS) is 10.7. The minimum atomic E-state index is -0.315. The van der Waals surface area contributed by atoms with Crippen LogP contribution >= 0.6 is 0 Å². The van der Waals surface area contributed by atoms with Crippen LogP contribution in [-0.2, 0) is 0 Å². The molecule has 3 heterocycles. The van der Waals surface area contributed by atoms with Crippen molar-refractivity contribution < 1.29 is 4.79 Å². The second-order valence-corrected chi connectivity index (χ2v) is 6.78. The summed E-state index contributed by atoms with van der Waals surface area (Å²) in [5.74, 6) is 0.612. The summed E-state index contributed by atoms with van der Waals surface area (Å²) in [6.07, 6.45) is 3.43. The van der Waals surface area contributed by atoms with Crippen LogP contribution in [0.1, 0.15) is 0 Å². The standard InChI is InChI=1S/C23H17N7O/c31-23(25-18-8-2-1-3-9-18)26-19-10-4-6-16(14-19)20-11-12-21-27-28-22(30(21)29-20)17-7-5-13-24-15-17/h1-15H,(H2,25,26,31). The molecule has 0 aliphatic heterocycles. The zero-order valence-electron chi connectivity index (χ0n) is 16.3. The van der Waals surface area contributed by atoms with Gasteiger partial charge in [-0.2, -0.15) is 9.61 Å². The zero-order valence-corrected chi connectivity index (χ0v) is 16.3. The van der Waals surface area contributed by atoms with Crippen LogP contribution in [0.15, 0.2) is 91.3 Å². The fraction of sp³-hybridized carbons (Fsp3) is 0. The Morgan fingerprint density at radius 1 is 0.774 bits per heavy atom. The number of anilines is 2. The van der Waals surface area contributed by atoms with Crippen LogP contribution in [-0.4, -0.2) is 30.8 Å². The minimum absolute atomic E-state index is 0.315. The van der Waals surface area contributed by atoms with Crippen LogP contribution in [0.2, 0.25) is 0 Å². The van der Waals surface area contributed by atoms with Crippen molar-refractivity contribution in [2.24, 2.45) is 0 Å². The van der Waals surface area contributed by atoms with Crippen LogP contribution in [0.3, 0.4) is 0 Å². The van der Waals surface area contributed by atoms with Crippen molar-refractivity contribution in [2.45, 2.75) is 0 Å². The SMILES string of the molecule is O=C(Nc1ccccc1)Nc1cccc(-c2ccc3nnc(-c4cccnc4)n3n2)c1. The van der Waals surface area contributed by atoms with E-state index >= 15 is 0 Å². The highest BCUT2D eigenvalue weighted by Crippen LogP contribution is 2.23. The molecule has 2 N–H and O–H groups in total. The number of urea groups is 1. The molecule has 0 unspecified atom stereocenters. The first-order valence-corrected chi connectivity index (χ1v) is 9.63. The third-order valence-corrected chi connectivity index (χ3v) is 4.63. The first kappa shape index (κ1) is 18.4. The summed E-state index contributed by atoms with van der Waals surface area (Å²) in [5.41, 5.74) is 4.42. The van der Waals surface area contributed by atoms with Gasteiger partial charge in [-0.3, -0.25) is 4.98 Å². The van der Waals surface area contributed by atoms with Gasteiger partial charge in [0.25, 0.3) is 0 Å². The summed E-state index contributed by atoms with van der Waals surface area (Å²) in [6.45, 7) is 0. The molecule has 0 bridgehead atoms. The lowest BCUT2D eigenvalue weighted by atomic mass is 10.1. The minimum Gasteiger partial charge on any atom is -0.308 e. The maximum absolute atomic E-state index is 12.3. The summed E-state index contributed by atoms with van der Waals surface area (Å²) < 4.78 is 1.69. The van der Waals surface area contributed by atoms with Gasteiger partial charge in [0.15, 0.2) is 11.5 Å². The molecule has 0 aliphatic rings.